The molecule has 6 unspecified atom stereocenters. The molecular formula is C48H52FNO14. The highest BCUT2D eigenvalue weighted by atomic mass is 19.1. The van der Waals surface area contributed by atoms with Gasteiger partial charge in [0.1, 0.15) is 36.7 Å². The van der Waals surface area contributed by atoms with E-state index in [1.54, 1.807) is 78.9 Å². The molecule has 4 aliphatic rings. The Morgan fingerprint density at radius 3 is 2.06 bits per heavy atom. The average molecular weight is 886 g/mol. The summed E-state index contributed by atoms with van der Waals surface area (Å²) in [6.45, 7) is 7.47. The number of aliphatic hydroxyl groups is 2. The van der Waals surface area contributed by atoms with E-state index in [4.69, 9.17) is 28.4 Å². The zero-order valence-corrected chi connectivity index (χ0v) is 36.3. The number of hydrogen-bond donors (Lipinski definition) is 3. The van der Waals surface area contributed by atoms with Crippen molar-refractivity contribution >= 4 is 35.8 Å². The Hall–Kier alpha value is -5.97. The van der Waals surface area contributed by atoms with E-state index in [1.807, 2.05) is 0 Å². The number of ketones is 1. The van der Waals surface area contributed by atoms with E-state index in [2.05, 4.69) is 5.32 Å². The van der Waals surface area contributed by atoms with Gasteiger partial charge >= 0.3 is 30.0 Å². The van der Waals surface area contributed by atoms with Crippen molar-refractivity contribution in [3.8, 4) is 0 Å². The smallest absolute Gasteiger partial charge is 0.408 e. The number of carbonyl (C=O) groups is 6. The predicted octanol–water partition coefficient (Wildman–Crippen LogP) is 5.21. The topological polar surface area (TPSA) is 210 Å². The molecule has 64 heavy (non-hydrogen) atoms. The number of ether oxygens (including phenoxy) is 6. The number of hydrogen-bond acceptors (Lipinski definition) is 14. The van der Waals surface area contributed by atoms with Crippen LogP contribution in [0.25, 0.3) is 0 Å². The molecular weight excluding hydrogens is 834 g/mol. The standard InChI is InChI=1S/C48H52FNO14/c1-26-32(62-43(56)37(53)36(30-18-12-8-13-19-30)50-44(57)59-24-29-16-10-7-11-17-29)23-48(58)41(63-42(55)31-20-14-9-15-21-31)39-46(6,33(49)22-34-47(39,25-60-34)64-28(3)52)40(54)38(61-27(2)51)35(26)45(48,4)5/h7-21,32-34,36-39,41,53,58H,22-25H2,1-6H3,(H,50,57)/t32?,33?,34?,36-,37?,38+,39?,41?,46+,47-,48+/m0/s1. The van der Waals surface area contributed by atoms with Crippen molar-refractivity contribution in [2.75, 3.05) is 6.61 Å². The van der Waals surface area contributed by atoms with E-state index in [9.17, 15) is 34.2 Å². The molecule has 3 fully saturated rings. The zero-order valence-electron chi connectivity index (χ0n) is 36.3. The van der Waals surface area contributed by atoms with Crippen LogP contribution in [0.3, 0.4) is 0 Å². The van der Waals surface area contributed by atoms with Gasteiger partial charge in [-0.25, -0.2) is 18.8 Å². The Bertz CT molecular complexity index is 2320. The highest BCUT2D eigenvalue weighted by Crippen LogP contribution is 2.65. The van der Waals surface area contributed by atoms with Crippen LogP contribution in [0.1, 0.15) is 81.9 Å². The van der Waals surface area contributed by atoms with Gasteiger partial charge in [0, 0.05) is 32.1 Å². The molecule has 2 saturated carbocycles. The highest BCUT2D eigenvalue weighted by Gasteiger charge is 2.78. The van der Waals surface area contributed by atoms with Crippen LogP contribution in [0.15, 0.2) is 102 Å². The molecule has 1 heterocycles. The molecule has 0 spiro atoms. The lowest BCUT2D eigenvalue weighted by molar-refractivity contribution is -0.341. The van der Waals surface area contributed by atoms with Crippen molar-refractivity contribution in [1.29, 1.82) is 0 Å². The fourth-order valence-electron chi connectivity index (χ4n) is 10.2. The minimum atomic E-state index is -2.46. The summed E-state index contributed by atoms with van der Waals surface area (Å²) in [5.41, 5.74) is -7.27. The van der Waals surface area contributed by atoms with Gasteiger partial charge in [0.15, 0.2) is 23.6 Å². The number of aliphatic hydroxyl groups excluding tert-OH is 1. The third kappa shape index (κ3) is 7.96. The third-order valence-corrected chi connectivity index (χ3v) is 13.6. The van der Waals surface area contributed by atoms with Gasteiger partial charge in [-0.05, 0) is 48.3 Å². The quantitative estimate of drug-likeness (QED) is 0.128. The van der Waals surface area contributed by atoms with E-state index < -0.39 is 119 Å². The van der Waals surface area contributed by atoms with Gasteiger partial charge in [-0.1, -0.05) is 92.7 Å². The number of rotatable bonds is 11. The lowest BCUT2D eigenvalue weighted by Crippen LogP contribution is -2.81. The first-order valence-electron chi connectivity index (χ1n) is 21.0. The maximum atomic E-state index is 17.2. The molecule has 3 N–H and O–H groups in total. The molecule has 3 aromatic rings. The van der Waals surface area contributed by atoms with Gasteiger partial charge in [-0.3, -0.25) is 14.4 Å². The Kier molecular flexibility index (Phi) is 12.6. The van der Waals surface area contributed by atoms with E-state index >= 15 is 9.18 Å². The number of nitrogens with one attached hydrogen (secondary N) is 1. The van der Waals surface area contributed by atoms with Crippen molar-refractivity contribution in [2.45, 2.75) is 115 Å². The molecule has 11 atom stereocenters. The highest BCUT2D eigenvalue weighted by molar-refractivity contribution is 5.95. The Labute approximate surface area is 369 Å². The third-order valence-electron chi connectivity index (χ3n) is 13.6. The number of amides is 1. The first-order valence-corrected chi connectivity index (χ1v) is 21.0. The van der Waals surface area contributed by atoms with Gasteiger partial charge < -0.3 is 44.0 Å². The monoisotopic (exact) mass is 885 g/mol. The lowest BCUT2D eigenvalue weighted by atomic mass is 9.45. The van der Waals surface area contributed by atoms with Crippen molar-refractivity contribution < 1.29 is 71.8 Å². The molecule has 0 radical (unpaired) electrons. The summed E-state index contributed by atoms with van der Waals surface area (Å²) in [4.78, 5) is 83.1. The maximum absolute atomic E-state index is 17.2. The molecule has 1 saturated heterocycles. The van der Waals surface area contributed by atoms with Gasteiger partial charge in [0.25, 0.3) is 0 Å². The molecule has 7 rings (SSSR count). The van der Waals surface area contributed by atoms with Gasteiger partial charge in [0.05, 0.1) is 29.5 Å². The van der Waals surface area contributed by atoms with Crippen LogP contribution >= 0.6 is 0 Å². The van der Waals surface area contributed by atoms with E-state index in [0.29, 0.717) is 11.1 Å². The van der Waals surface area contributed by atoms with Gasteiger partial charge in [0.2, 0.25) is 0 Å². The molecule has 0 aromatic heterocycles. The number of halogens is 1. The molecule has 1 amide bonds. The minimum Gasteiger partial charge on any atom is -0.456 e. The molecule has 15 nitrogen and oxygen atoms in total. The molecule has 16 heteroatoms. The second-order valence-electron chi connectivity index (χ2n) is 17.7. The normalized spacial score (nSPS) is 31.2. The molecule has 1 aliphatic heterocycles. The fraction of sp³-hybridized carbons (Fsp3) is 0.458. The summed E-state index contributed by atoms with van der Waals surface area (Å²) < 4.78 is 52.6. The lowest BCUT2D eigenvalue weighted by Gasteiger charge is -2.67. The van der Waals surface area contributed by atoms with Crippen molar-refractivity contribution in [3.63, 3.8) is 0 Å². The van der Waals surface area contributed by atoms with Crippen molar-refractivity contribution in [2.24, 2.45) is 16.7 Å². The van der Waals surface area contributed by atoms with Crippen LogP contribution in [-0.2, 0) is 54.2 Å². The zero-order chi connectivity index (χ0) is 46.4. The predicted molar refractivity (Wildman–Crippen MR) is 222 cm³/mol. The van der Waals surface area contributed by atoms with E-state index in [1.165, 1.54) is 39.8 Å². The number of carbonyl (C=O) groups excluding carboxylic acids is 6. The first-order chi connectivity index (χ1) is 30.3. The van der Waals surface area contributed by atoms with Crippen LogP contribution in [0.4, 0.5) is 9.18 Å². The maximum Gasteiger partial charge on any atom is 0.408 e. The van der Waals surface area contributed by atoms with Crippen LogP contribution in [0.5, 0.6) is 0 Å². The van der Waals surface area contributed by atoms with Crippen LogP contribution < -0.4 is 5.32 Å². The SMILES string of the molecule is CC(=O)O[C@H]1C(=O)[C@]2(C)C(F)CC3OC[C@@]3(OC(C)=O)C2C(OC(=O)c2ccccc2)[C@]2(O)CC(OC(=O)C(O)[C@@H](NC(=O)OCc3ccccc3)c3ccccc3)C(C)=C1C2(C)C. The molecule has 340 valence electrons. The summed E-state index contributed by atoms with van der Waals surface area (Å²) in [7, 11) is 0. The molecule has 3 aliphatic carbocycles. The number of benzene rings is 3. The summed E-state index contributed by atoms with van der Waals surface area (Å²) in [6.07, 6.45) is -12.7. The summed E-state index contributed by atoms with van der Waals surface area (Å²) in [6, 6.07) is 23.2. The summed E-state index contributed by atoms with van der Waals surface area (Å²) in [5, 5.41) is 27.9. The van der Waals surface area contributed by atoms with Crippen molar-refractivity contribution in [3.05, 3.63) is 119 Å². The minimum absolute atomic E-state index is 0.0305. The second-order valence-corrected chi connectivity index (χ2v) is 17.7. The average Bonchev–Trinajstić information content (AvgIpc) is 3.26. The molecule has 3 aromatic carbocycles. The van der Waals surface area contributed by atoms with E-state index in [-0.39, 0.29) is 29.9 Å². The molecule has 2 bridgehead atoms. The second kappa shape index (κ2) is 17.5. The van der Waals surface area contributed by atoms with E-state index in [0.717, 1.165) is 13.8 Å². The fourth-order valence-corrected chi connectivity index (χ4v) is 10.2. The summed E-state index contributed by atoms with van der Waals surface area (Å²) in [5.74, 6) is -6.72. The van der Waals surface area contributed by atoms with Crippen LogP contribution in [0.2, 0.25) is 0 Å². The Morgan fingerprint density at radius 1 is 0.875 bits per heavy atom. The first kappa shape index (κ1) is 46.0. The number of Topliss-reactive ketones (excluding diaryl/α,β-unsaturated/α-hetero) is 1. The largest absolute Gasteiger partial charge is 0.456 e. The van der Waals surface area contributed by atoms with Crippen LogP contribution in [-0.4, -0.2) is 100 Å². The number of fused-ring (bicyclic) bond motifs is 5. The Balaban J connectivity index is 1.34. The number of alkyl carbamates (subject to hydrolysis) is 1. The summed E-state index contributed by atoms with van der Waals surface area (Å²) >= 11 is 0. The van der Waals surface area contributed by atoms with Crippen molar-refractivity contribution in [1.82, 2.24) is 5.32 Å². The van der Waals surface area contributed by atoms with Gasteiger partial charge in [-0.15, -0.1) is 0 Å². The van der Waals surface area contributed by atoms with Crippen LogP contribution in [0, 0.1) is 16.7 Å². The van der Waals surface area contributed by atoms with Gasteiger partial charge in [-0.2, -0.15) is 0 Å². The number of alkyl halides is 1. The number of esters is 4. The Morgan fingerprint density at radius 2 is 1.48 bits per heavy atom.